The second-order valence-corrected chi connectivity index (χ2v) is 5.81. The molecule has 0 spiro atoms. The Kier molecular flexibility index (Phi) is 5.40. The van der Waals surface area contributed by atoms with E-state index in [0.29, 0.717) is 18.1 Å². The van der Waals surface area contributed by atoms with E-state index < -0.39 is 0 Å². The summed E-state index contributed by atoms with van der Waals surface area (Å²) < 4.78 is 21.6. The molecule has 0 radical (unpaired) electrons. The molecule has 0 fully saturated rings. The molecule has 3 aromatic rings. The summed E-state index contributed by atoms with van der Waals surface area (Å²) in [6.45, 7) is 5.66. The van der Waals surface area contributed by atoms with E-state index in [4.69, 9.17) is 18.4 Å². The fourth-order valence-corrected chi connectivity index (χ4v) is 2.54. The molecule has 1 aromatic carbocycles. The highest BCUT2D eigenvalue weighted by molar-refractivity contribution is 5.43. The van der Waals surface area contributed by atoms with Crippen molar-refractivity contribution in [3.63, 3.8) is 0 Å². The number of methoxy groups -OCH3 is 1. The van der Waals surface area contributed by atoms with Gasteiger partial charge in [-0.25, -0.2) is 0 Å². The molecule has 0 bridgehead atoms. The van der Waals surface area contributed by atoms with Crippen molar-refractivity contribution in [2.45, 2.75) is 33.5 Å². The summed E-state index contributed by atoms with van der Waals surface area (Å²) in [6.07, 6.45) is 3.41. The zero-order valence-corrected chi connectivity index (χ0v) is 14.7. The minimum Gasteiger partial charge on any atom is -0.493 e. The van der Waals surface area contributed by atoms with E-state index >= 15 is 0 Å². The predicted molar refractivity (Wildman–Crippen MR) is 92.6 cm³/mol. The van der Waals surface area contributed by atoms with Gasteiger partial charge in [-0.15, -0.1) is 0 Å². The third-order valence-corrected chi connectivity index (χ3v) is 4.02. The Morgan fingerprint density at radius 3 is 2.60 bits per heavy atom. The molecule has 0 aliphatic carbocycles. The number of rotatable bonds is 8. The lowest BCUT2D eigenvalue weighted by Gasteiger charge is -2.12. The molecule has 132 valence electrons. The van der Waals surface area contributed by atoms with Crippen LogP contribution in [0.5, 0.6) is 11.5 Å². The van der Waals surface area contributed by atoms with Gasteiger partial charge in [0.2, 0.25) is 0 Å². The Balaban J connectivity index is 1.61. The van der Waals surface area contributed by atoms with Gasteiger partial charge in [-0.05, 0) is 37.6 Å². The van der Waals surface area contributed by atoms with Gasteiger partial charge in [-0.3, -0.25) is 0 Å². The zero-order valence-electron chi connectivity index (χ0n) is 14.7. The summed E-state index contributed by atoms with van der Waals surface area (Å²) in [5.74, 6) is 2.17. The molecule has 2 aromatic heterocycles. The van der Waals surface area contributed by atoms with E-state index in [-0.39, 0.29) is 0 Å². The van der Waals surface area contributed by atoms with Gasteiger partial charge in [-0.1, -0.05) is 11.2 Å². The highest BCUT2D eigenvalue weighted by atomic mass is 16.5. The van der Waals surface area contributed by atoms with Crippen LogP contribution in [0, 0.1) is 13.8 Å². The summed E-state index contributed by atoms with van der Waals surface area (Å²) in [4.78, 5) is 0. The third-order valence-electron chi connectivity index (χ3n) is 4.02. The molecule has 0 unspecified atom stereocenters. The second-order valence-electron chi connectivity index (χ2n) is 5.81. The van der Waals surface area contributed by atoms with Gasteiger partial charge in [-0.2, -0.15) is 0 Å². The molecule has 0 saturated carbocycles. The zero-order chi connectivity index (χ0) is 17.6. The first-order valence-corrected chi connectivity index (χ1v) is 8.10. The molecule has 0 aliphatic heterocycles. The Morgan fingerprint density at radius 2 is 1.92 bits per heavy atom. The molecule has 6 heteroatoms. The van der Waals surface area contributed by atoms with Crippen molar-refractivity contribution in [3.05, 3.63) is 64.9 Å². The second kappa shape index (κ2) is 7.90. The third kappa shape index (κ3) is 4.22. The lowest BCUT2D eigenvalue weighted by atomic mass is 10.2. The van der Waals surface area contributed by atoms with Crippen LogP contribution in [-0.4, -0.2) is 12.3 Å². The van der Waals surface area contributed by atoms with Crippen LogP contribution in [0.25, 0.3) is 0 Å². The number of nitrogens with one attached hydrogen (secondary N) is 1. The van der Waals surface area contributed by atoms with Crippen LogP contribution in [0.3, 0.4) is 0 Å². The van der Waals surface area contributed by atoms with E-state index in [1.165, 1.54) is 0 Å². The van der Waals surface area contributed by atoms with Crippen LogP contribution < -0.4 is 14.8 Å². The highest BCUT2D eigenvalue weighted by Crippen LogP contribution is 2.29. The molecule has 0 aliphatic rings. The molecular weight excluding hydrogens is 320 g/mol. The van der Waals surface area contributed by atoms with Crippen molar-refractivity contribution in [3.8, 4) is 11.5 Å². The number of benzene rings is 1. The van der Waals surface area contributed by atoms with E-state index in [9.17, 15) is 0 Å². The Labute approximate surface area is 146 Å². The number of ether oxygens (including phenoxy) is 2. The molecule has 3 rings (SSSR count). The van der Waals surface area contributed by atoms with Gasteiger partial charge in [0, 0.05) is 18.7 Å². The Hall–Kier alpha value is -2.73. The molecule has 0 saturated heterocycles. The van der Waals surface area contributed by atoms with Crippen molar-refractivity contribution < 1.29 is 18.4 Å². The number of hydrogen-bond donors (Lipinski definition) is 1. The average Bonchev–Trinajstić information content (AvgIpc) is 3.24. The maximum atomic E-state index is 5.89. The standard InChI is InChI=1S/C19H22N2O4/c1-13-17(14(2)25-21-13)12-24-18-5-4-15(8-19(18)22-3)9-20-10-16-6-7-23-11-16/h4-8,11,20H,9-10,12H2,1-3H3. The van der Waals surface area contributed by atoms with Gasteiger partial charge < -0.3 is 23.7 Å². The first kappa shape index (κ1) is 17.1. The summed E-state index contributed by atoms with van der Waals surface area (Å²) in [6, 6.07) is 7.86. The van der Waals surface area contributed by atoms with Gasteiger partial charge in [0.25, 0.3) is 0 Å². The molecule has 1 N–H and O–H groups in total. The van der Waals surface area contributed by atoms with E-state index in [1.807, 2.05) is 38.1 Å². The Bertz CT molecular complexity index is 789. The lowest BCUT2D eigenvalue weighted by molar-refractivity contribution is 0.281. The maximum absolute atomic E-state index is 5.89. The van der Waals surface area contributed by atoms with Crippen LogP contribution >= 0.6 is 0 Å². The molecule has 0 amide bonds. The van der Waals surface area contributed by atoms with Crippen LogP contribution in [0.15, 0.2) is 45.7 Å². The van der Waals surface area contributed by atoms with Crippen LogP contribution in [0.1, 0.15) is 28.1 Å². The largest absolute Gasteiger partial charge is 0.493 e. The Morgan fingerprint density at radius 1 is 1.08 bits per heavy atom. The summed E-state index contributed by atoms with van der Waals surface area (Å²) in [5.41, 5.74) is 4.04. The number of furan rings is 1. The molecule has 25 heavy (non-hydrogen) atoms. The van der Waals surface area contributed by atoms with E-state index in [1.54, 1.807) is 19.6 Å². The van der Waals surface area contributed by atoms with Gasteiger partial charge in [0.15, 0.2) is 11.5 Å². The number of aromatic nitrogens is 1. The van der Waals surface area contributed by atoms with Crippen LogP contribution in [0.2, 0.25) is 0 Å². The van der Waals surface area contributed by atoms with Gasteiger partial charge in [0.05, 0.1) is 30.9 Å². The summed E-state index contributed by atoms with van der Waals surface area (Å²) >= 11 is 0. The molecule has 2 heterocycles. The normalized spacial score (nSPS) is 10.8. The molecule has 0 atom stereocenters. The first-order chi connectivity index (χ1) is 12.2. The summed E-state index contributed by atoms with van der Waals surface area (Å²) in [5, 5.41) is 7.31. The quantitative estimate of drug-likeness (QED) is 0.672. The topological polar surface area (TPSA) is 69.7 Å². The lowest BCUT2D eigenvalue weighted by Crippen LogP contribution is -2.12. The smallest absolute Gasteiger partial charge is 0.161 e. The van der Waals surface area contributed by atoms with E-state index in [2.05, 4.69) is 10.5 Å². The first-order valence-electron chi connectivity index (χ1n) is 8.10. The predicted octanol–water partition coefficient (Wildman–Crippen LogP) is 3.76. The summed E-state index contributed by atoms with van der Waals surface area (Å²) in [7, 11) is 1.64. The number of nitrogens with zero attached hydrogens (tertiary/aromatic N) is 1. The van der Waals surface area contributed by atoms with Crippen LogP contribution in [0.4, 0.5) is 0 Å². The fraction of sp³-hybridized carbons (Fsp3) is 0.316. The van der Waals surface area contributed by atoms with Gasteiger partial charge >= 0.3 is 0 Å². The average molecular weight is 342 g/mol. The SMILES string of the molecule is COc1cc(CNCc2ccoc2)ccc1OCc1c(C)noc1C. The highest BCUT2D eigenvalue weighted by Gasteiger charge is 2.12. The van der Waals surface area contributed by atoms with E-state index in [0.717, 1.165) is 41.2 Å². The monoisotopic (exact) mass is 342 g/mol. The van der Waals surface area contributed by atoms with Crippen molar-refractivity contribution in [1.29, 1.82) is 0 Å². The van der Waals surface area contributed by atoms with Crippen molar-refractivity contribution in [2.24, 2.45) is 0 Å². The van der Waals surface area contributed by atoms with Crippen molar-refractivity contribution in [1.82, 2.24) is 10.5 Å². The van der Waals surface area contributed by atoms with Crippen molar-refractivity contribution in [2.75, 3.05) is 7.11 Å². The van der Waals surface area contributed by atoms with Crippen molar-refractivity contribution >= 4 is 0 Å². The van der Waals surface area contributed by atoms with Gasteiger partial charge in [0.1, 0.15) is 12.4 Å². The molecular formula is C19H22N2O4. The maximum Gasteiger partial charge on any atom is 0.161 e. The minimum atomic E-state index is 0.398. The fourth-order valence-electron chi connectivity index (χ4n) is 2.54. The number of aryl methyl sites for hydroxylation is 2. The van der Waals surface area contributed by atoms with Crippen LogP contribution in [-0.2, 0) is 19.7 Å². The molecule has 6 nitrogen and oxygen atoms in total. The minimum absolute atomic E-state index is 0.398. The number of hydrogen-bond acceptors (Lipinski definition) is 6.